The van der Waals surface area contributed by atoms with E-state index in [1.54, 1.807) is 11.3 Å². The molecular formula is C13H15N3O2S. The molecule has 5 nitrogen and oxygen atoms in total. The molecule has 1 atom stereocenters. The first-order valence-corrected chi connectivity index (χ1v) is 7.35. The predicted molar refractivity (Wildman–Crippen MR) is 71.7 cm³/mol. The van der Waals surface area contributed by atoms with Gasteiger partial charge in [-0.2, -0.15) is 16.3 Å². The fraction of sp³-hybridized carbons (Fsp3) is 0.462. The van der Waals surface area contributed by atoms with E-state index < -0.39 is 0 Å². The Labute approximate surface area is 115 Å². The van der Waals surface area contributed by atoms with Crippen molar-refractivity contribution in [1.29, 1.82) is 0 Å². The summed E-state index contributed by atoms with van der Waals surface area (Å²) in [6.07, 6.45) is 4.18. The van der Waals surface area contributed by atoms with Crippen LogP contribution in [0.15, 0.2) is 21.3 Å². The minimum atomic E-state index is -0.00903. The first-order chi connectivity index (χ1) is 9.36. The number of aldehydes is 1. The molecule has 19 heavy (non-hydrogen) atoms. The zero-order chi connectivity index (χ0) is 13.1. The van der Waals surface area contributed by atoms with Crippen LogP contribution in [0.4, 0.5) is 0 Å². The summed E-state index contributed by atoms with van der Waals surface area (Å²) in [7, 11) is 0. The number of likely N-dealkylation sites (tertiary alicyclic amines) is 1. The van der Waals surface area contributed by atoms with Crippen molar-refractivity contribution in [2.45, 2.75) is 31.8 Å². The predicted octanol–water partition coefficient (Wildman–Crippen LogP) is 2.35. The molecule has 3 heterocycles. The van der Waals surface area contributed by atoms with Gasteiger partial charge in [-0.3, -0.25) is 4.90 Å². The van der Waals surface area contributed by atoms with Crippen LogP contribution in [0.25, 0.3) is 11.4 Å². The fourth-order valence-electron chi connectivity index (χ4n) is 2.37. The van der Waals surface area contributed by atoms with Crippen LogP contribution >= 0.6 is 11.3 Å². The molecule has 1 aliphatic heterocycles. The Hall–Kier alpha value is -1.53. The smallest absolute Gasteiger partial charge is 0.241 e. The summed E-state index contributed by atoms with van der Waals surface area (Å²) in [5, 5.41) is 7.95. The molecule has 2 aromatic heterocycles. The minimum absolute atomic E-state index is 0.00903. The number of nitrogens with zero attached hydrogens (tertiary/aromatic N) is 3. The van der Waals surface area contributed by atoms with Gasteiger partial charge in [-0.05, 0) is 30.8 Å². The standard InChI is InChI=1S/C13H15N3O2S/c17-8-11-3-1-2-5-16(11)7-12-14-13(15-18-12)10-4-6-19-9-10/h4,6,8-9,11H,1-3,5,7H2. The lowest BCUT2D eigenvalue weighted by molar-refractivity contribution is -0.113. The second kappa shape index (κ2) is 5.63. The maximum absolute atomic E-state index is 11.0. The summed E-state index contributed by atoms with van der Waals surface area (Å²) in [6.45, 7) is 1.47. The van der Waals surface area contributed by atoms with Gasteiger partial charge in [0.25, 0.3) is 0 Å². The van der Waals surface area contributed by atoms with Gasteiger partial charge in [-0.1, -0.05) is 11.6 Å². The Morgan fingerprint density at radius 1 is 1.53 bits per heavy atom. The van der Waals surface area contributed by atoms with E-state index in [4.69, 9.17) is 4.52 Å². The van der Waals surface area contributed by atoms with Crippen LogP contribution in [0.1, 0.15) is 25.2 Å². The summed E-state index contributed by atoms with van der Waals surface area (Å²) in [6, 6.07) is 1.96. The highest BCUT2D eigenvalue weighted by atomic mass is 32.1. The van der Waals surface area contributed by atoms with Gasteiger partial charge in [-0.15, -0.1) is 0 Å². The van der Waals surface area contributed by atoms with Gasteiger partial charge >= 0.3 is 0 Å². The number of hydrogen-bond acceptors (Lipinski definition) is 6. The second-order valence-electron chi connectivity index (χ2n) is 4.69. The molecule has 1 unspecified atom stereocenters. The van der Waals surface area contributed by atoms with E-state index in [2.05, 4.69) is 15.0 Å². The highest BCUT2D eigenvalue weighted by Gasteiger charge is 2.23. The van der Waals surface area contributed by atoms with E-state index >= 15 is 0 Å². The molecular weight excluding hydrogens is 262 g/mol. The minimum Gasteiger partial charge on any atom is -0.338 e. The molecule has 0 aromatic carbocycles. The maximum Gasteiger partial charge on any atom is 0.241 e. The van der Waals surface area contributed by atoms with Gasteiger partial charge in [0, 0.05) is 10.9 Å². The summed E-state index contributed by atoms with van der Waals surface area (Å²) in [4.78, 5) is 17.5. The van der Waals surface area contributed by atoms with Gasteiger partial charge in [0.05, 0.1) is 12.6 Å². The van der Waals surface area contributed by atoms with Gasteiger partial charge in [0.2, 0.25) is 11.7 Å². The quantitative estimate of drug-likeness (QED) is 0.803. The maximum atomic E-state index is 11.0. The van der Waals surface area contributed by atoms with Gasteiger partial charge in [-0.25, -0.2) is 0 Å². The average molecular weight is 277 g/mol. The topological polar surface area (TPSA) is 59.2 Å². The molecule has 1 fully saturated rings. The zero-order valence-corrected chi connectivity index (χ0v) is 11.3. The first-order valence-electron chi connectivity index (χ1n) is 6.41. The molecule has 0 bridgehead atoms. The summed E-state index contributed by atoms with van der Waals surface area (Å²) < 4.78 is 5.27. The van der Waals surface area contributed by atoms with Crippen LogP contribution in [0.2, 0.25) is 0 Å². The Morgan fingerprint density at radius 2 is 2.47 bits per heavy atom. The number of carbonyl (C=O) groups is 1. The van der Waals surface area contributed by atoms with E-state index in [-0.39, 0.29) is 6.04 Å². The third-order valence-electron chi connectivity index (χ3n) is 3.41. The number of carbonyl (C=O) groups excluding carboxylic acids is 1. The lowest BCUT2D eigenvalue weighted by atomic mass is 10.0. The van der Waals surface area contributed by atoms with E-state index in [0.717, 1.165) is 37.7 Å². The van der Waals surface area contributed by atoms with Crippen LogP contribution in [0.3, 0.4) is 0 Å². The Bertz CT molecular complexity index is 538. The monoisotopic (exact) mass is 277 g/mol. The second-order valence-corrected chi connectivity index (χ2v) is 5.47. The molecule has 0 aliphatic carbocycles. The van der Waals surface area contributed by atoms with E-state index in [9.17, 15) is 4.79 Å². The molecule has 100 valence electrons. The van der Waals surface area contributed by atoms with Gasteiger partial charge in [0.1, 0.15) is 6.29 Å². The normalized spacial score (nSPS) is 20.5. The van der Waals surface area contributed by atoms with Crippen LogP contribution < -0.4 is 0 Å². The van der Waals surface area contributed by atoms with Crippen LogP contribution in [0.5, 0.6) is 0 Å². The van der Waals surface area contributed by atoms with Crippen LogP contribution in [-0.2, 0) is 11.3 Å². The number of hydrogen-bond donors (Lipinski definition) is 0. The molecule has 6 heteroatoms. The third kappa shape index (κ3) is 2.74. The third-order valence-corrected chi connectivity index (χ3v) is 4.09. The van der Waals surface area contributed by atoms with Gasteiger partial charge < -0.3 is 9.32 Å². The number of piperidine rings is 1. The van der Waals surface area contributed by atoms with E-state index in [1.807, 2.05) is 16.8 Å². The van der Waals surface area contributed by atoms with Crippen molar-refractivity contribution < 1.29 is 9.32 Å². The summed E-state index contributed by atoms with van der Waals surface area (Å²) in [5.41, 5.74) is 0.977. The van der Waals surface area contributed by atoms with E-state index in [0.29, 0.717) is 18.3 Å². The molecule has 0 N–H and O–H groups in total. The molecule has 2 aromatic rings. The van der Waals surface area contributed by atoms with Gasteiger partial charge in [0.15, 0.2) is 0 Å². The Morgan fingerprint density at radius 3 is 3.26 bits per heavy atom. The lowest BCUT2D eigenvalue weighted by Crippen LogP contribution is -2.39. The highest BCUT2D eigenvalue weighted by molar-refractivity contribution is 7.08. The Kier molecular flexibility index (Phi) is 3.70. The van der Waals surface area contributed by atoms with Crippen LogP contribution in [-0.4, -0.2) is 33.9 Å². The first kappa shape index (κ1) is 12.5. The molecule has 1 aliphatic rings. The number of thiophene rings is 1. The highest BCUT2D eigenvalue weighted by Crippen LogP contribution is 2.21. The van der Waals surface area contributed by atoms with Crippen molar-refractivity contribution >= 4 is 17.6 Å². The SMILES string of the molecule is O=CC1CCCCN1Cc1nc(-c2ccsc2)no1. The van der Waals surface area contributed by atoms with E-state index in [1.165, 1.54) is 0 Å². The average Bonchev–Trinajstić information content (AvgIpc) is 3.09. The van der Waals surface area contributed by atoms with Crippen molar-refractivity contribution in [3.05, 3.63) is 22.7 Å². The van der Waals surface area contributed by atoms with Crippen molar-refractivity contribution in [3.63, 3.8) is 0 Å². The lowest BCUT2D eigenvalue weighted by Gasteiger charge is -2.30. The molecule has 0 radical (unpaired) electrons. The largest absolute Gasteiger partial charge is 0.338 e. The summed E-state index contributed by atoms with van der Waals surface area (Å²) >= 11 is 1.60. The van der Waals surface area contributed by atoms with Crippen LogP contribution in [0, 0.1) is 0 Å². The van der Waals surface area contributed by atoms with Crippen molar-refractivity contribution in [3.8, 4) is 11.4 Å². The summed E-state index contributed by atoms with van der Waals surface area (Å²) in [5.74, 6) is 1.20. The Balaban J connectivity index is 1.71. The number of rotatable bonds is 4. The molecule has 1 saturated heterocycles. The molecule has 0 amide bonds. The van der Waals surface area contributed by atoms with Crippen molar-refractivity contribution in [2.24, 2.45) is 0 Å². The molecule has 3 rings (SSSR count). The van der Waals surface area contributed by atoms with Crippen molar-refractivity contribution in [2.75, 3.05) is 6.54 Å². The fourth-order valence-corrected chi connectivity index (χ4v) is 3.00. The zero-order valence-electron chi connectivity index (χ0n) is 10.5. The molecule has 0 spiro atoms. The van der Waals surface area contributed by atoms with Crippen molar-refractivity contribution in [1.82, 2.24) is 15.0 Å². The number of aromatic nitrogens is 2. The molecule has 0 saturated carbocycles.